The molecule has 1 N–H and O–H groups in total. The molecule has 35 heavy (non-hydrogen) atoms. The van der Waals surface area contributed by atoms with Gasteiger partial charge in [0.1, 0.15) is 11.5 Å². The number of carbonyl (C=O) groups excluding carboxylic acids is 2. The third-order valence-electron chi connectivity index (χ3n) is 6.21. The molecule has 176 valence electrons. The van der Waals surface area contributed by atoms with Crippen molar-refractivity contribution < 1.29 is 19.4 Å². The molecule has 6 nitrogen and oxygen atoms in total. The van der Waals surface area contributed by atoms with Crippen molar-refractivity contribution in [2.45, 2.75) is 26.8 Å². The summed E-state index contributed by atoms with van der Waals surface area (Å²) in [6.45, 7) is 5.96. The number of rotatable bonds is 4. The molecule has 4 aromatic rings. The smallest absolute Gasteiger partial charge is 0.301 e. The number of aliphatic hydroxyl groups excluding tert-OH is 1. The number of Topliss-reactive ketones (excluding diaryl/α,β-unsaturated/α-hetero) is 1. The number of benzene rings is 3. The van der Waals surface area contributed by atoms with Gasteiger partial charge in [0.15, 0.2) is 5.13 Å². The van der Waals surface area contributed by atoms with Crippen LogP contribution in [0.2, 0.25) is 0 Å². The largest absolute Gasteiger partial charge is 0.507 e. The van der Waals surface area contributed by atoms with E-state index in [-0.39, 0.29) is 11.3 Å². The maximum absolute atomic E-state index is 13.4. The third kappa shape index (κ3) is 3.88. The summed E-state index contributed by atoms with van der Waals surface area (Å²) in [4.78, 5) is 33.0. The molecule has 2 heterocycles. The van der Waals surface area contributed by atoms with Crippen LogP contribution in [0.1, 0.15) is 33.9 Å². The number of thiazole rings is 1. The average molecular weight is 485 g/mol. The highest BCUT2D eigenvalue weighted by Gasteiger charge is 2.48. The Labute approximate surface area is 207 Å². The number of ether oxygens (including phenoxy) is 1. The standard InChI is InChI=1S/C28H24N2O4S/c1-15-8-10-18(11-9-15)24-22(25(31)19-6-5-7-20(14-19)34-4)26(32)27(33)30(24)28-29-23-17(3)12-16(2)13-21(23)35-28/h5-14,24,31H,1-4H3. The van der Waals surface area contributed by atoms with Crippen LogP contribution in [0, 0.1) is 20.8 Å². The van der Waals surface area contributed by atoms with E-state index in [9.17, 15) is 14.7 Å². The number of anilines is 1. The molecule has 1 aliphatic heterocycles. The number of aromatic nitrogens is 1. The van der Waals surface area contributed by atoms with Gasteiger partial charge in [-0.05, 0) is 55.7 Å². The Bertz CT molecular complexity index is 1520. The van der Waals surface area contributed by atoms with Crippen LogP contribution in [0.5, 0.6) is 5.75 Å². The highest BCUT2D eigenvalue weighted by atomic mass is 32.1. The third-order valence-corrected chi connectivity index (χ3v) is 7.21. The molecule has 0 spiro atoms. The van der Waals surface area contributed by atoms with Gasteiger partial charge >= 0.3 is 5.91 Å². The topological polar surface area (TPSA) is 79.7 Å². The van der Waals surface area contributed by atoms with Gasteiger partial charge in [-0.3, -0.25) is 14.5 Å². The molecule has 1 unspecified atom stereocenters. The predicted octanol–water partition coefficient (Wildman–Crippen LogP) is 5.86. The van der Waals surface area contributed by atoms with Crippen molar-refractivity contribution in [1.82, 2.24) is 4.98 Å². The zero-order chi connectivity index (χ0) is 24.9. The van der Waals surface area contributed by atoms with Crippen LogP contribution in [0.4, 0.5) is 5.13 Å². The Morgan fingerprint density at radius 2 is 1.74 bits per heavy atom. The number of aliphatic hydroxyl groups is 1. The second-order valence-corrected chi connectivity index (χ2v) is 9.75. The zero-order valence-corrected chi connectivity index (χ0v) is 20.6. The van der Waals surface area contributed by atoms with Crippen LogP contribution in [-0.4, -0.2) is 28.9 Å². The summed E-state index contributed by atoms with van der Waals surface area (Å²) in [6.07, 6.45) is 0. The zero-order valence-electron chi connectivity index (χ0n) is 19.8. The van der Waals surface area contributed by atoms with Crippen molar-refractivity contribution in [1.29, 1.82) is 0 Å². The number of methoxy groups -OCH3 is 1. The van der Waals surface area contributed by atoms with Crippen molar-refractivity contribution in [3.63, 3.8) is 0 Å². The first-order valence-corrected chi connectivity index (χ1v) is 12.0. The first-order valence-electron chi connectivity index (χ1n) is 11.2. The molecule has 1 aliphatic rings. The highest BCUT2D eigenvalue weighted by molar-refractivity contribution is 7.22. The van der Waals surface area contributed by atoms with Gasteiger partial charge in [0.2, 0.25) is 0 Å². The summed E-state index contributed by atoms with van der Waals surface area (Å²) < 4.78 is 6.22. The van der Waals surface area contributed by atoms with Crippen LogP contribution in [0.25, 0.3) is 16.0 Å². The van der Waals surface area contributed by atoms with Crippen molar-refractivity contribution in [3.8, 4) is 5.75 Å². The van der Waals surface area contributed by atoms with Crippen molar-refractivity contribution in [2.75, 3.05) is 12.0 Å². The monoisotopic (exact) mass is 484 g/mol. The summed E-state index contributed by atoms with van der Waals surface area (Å²) in [6, 6.07) is 17.6. The SMILES string of the molecule is COc1cccc(C(O)=C2C(=O)C(=O)N(c3nc4c(C)cc(C)cc4s3)C2c2ccc(C)cc2)c1. The summed E-state index contributed by atoms with van der Waals surface area (Å²) in [5.41, 5.74) is 5.08. The normalized spacial score (nSPS) is 17.4. The summed E-state index contributed by atoms with van der Waals surface area (Å²) in [5, 5.41) is 11.7. The molecule has 0 radical (unpaired) electrons. The molecule has 0 bridgehead atoms. The molecule has 7 heteroatoms. The van der Waals surface area contributed by atoms with Gasteiger partial charge in [-0.25, -0.2) is 4.98 Å². The number of ketones is 1. The van der Waals surface area contributed by atoms with E-state index in [0.717, 1.165) is 26.9 Å². The molecule has 5 rings (SSSR count). The summed E-state index contributed by atoms with van der Waals surface area (Å²) in [5.74, 6) is -1.17. The van der Waals surface area contributed by atoms with Crippen LogP contribution >= 0.6 is 11.3 Å². The van der Waals surface area contributed by atoms with Gasteiger partial charge in [-0.15, -0.1) is 0 Å². The maximum Gasteiger partial charge on any atom is 0.301 e. The number of nitrogens with zero attached hydrogens (tertiary/aromatic N) is 2. The molecule has 3 aromatic carbocycles. The molecule has 0 saturated carbocycles. The number of hydrogen-bond acceptors (Lipinski definition) is 6. The van der Waals surface area contributed by atoms with E-state index < -0.39 is 17.7 Å². The molecule has 1 amide bonds. The quantitative estimate of drug-likeness (QED) is 0.223. The number of carbonyl (C=O) groups is 2. The number of hydrogen-bond donors (Lipinski definition) is 1. The molecular weight excluding hydrogens is 460 g/mol. The minimum atomic E-state index is -0.816. The van der Waals surface area contributed by atoms with Gasteiger partial charge in [0.25, 0.3) is 5.78 Å². The highest BCUT2D eigenvalue weighted by Crippen LogP contribution is 2.44. The Morgan fingerprint density at radius 3 is 2.46 bits per heavy atom. The minimum Gasteiger partial charge on any atom is -0.507 e. The van der Waals surface area contributed by atoms with E-state index in [1.807, 2.05) is 57.2 Å². The first-order chi connectivity index (χ1) is 16.8. The lowest BCUT2D eigenvalue weighted by Crippen LogP contribution is -2.29. The van der Waals surface area contributed by atoms with Crippen LogP contribution in [-0.2, 0) is 9.59 Å². The average Bonchev–Trinajstić information content (AvgIpc) is 3.38. The number of aryl methyl sites for hydroxylation is 3. The fourth-order valence-electron chi connectivity index (χ4n) is 4.48. The van der Waals surface area contributed by atoms with E-state index in [2.05, 4.69) is 0 Å². The molecular formula is C28H24N2O4S. The number of amides is 1. The Kier molecular flexibility index (Phi) is 5.65. The minimum absolute atomic E-state index is 0.0271. The fourth-order valence-corrected chi connectivity index (χ4v) is 5.65. The Hall–Kier alpha value is -3.97. The van der Waals surface area contributed by atoms with E-state index >= 15 is 0 Å². The second kappa shape index (κ2) is 8.67. The van der Waals surface area contributed by atoms with Crippen molar-refractivity contribution >= 4 is 44.1 Å². The van der Waals surface area contributed by atoms with Crippen LogP contribution < -0.4 is 9.64 Å². The summed E-state index contributed by atoms with van der Waals surface area (Å²) >= 11 is 1.36. The molecule has 1 atom stereocenters. The lowest BCUT2D eigenvalue weighted by molar-refractivity contribution is -0.132. The van der Waals surface area contributed by atoms with Gasteiger partial charge in [0, 0.05) is 5.56 Å². The van der Waals surface area contributed by atoms with Gasteiger partial charge in [-0.1, -0.05) is 59.4 Å². The molecule has 1 fully saturated rings. The van der Waals surface area contributed by atoms with Gasteiger partial charge < -0.3 is 9.84 Å². The lowest BCUT2D eigenvalue weighted by atomic mass is 9.95. The first kappa shape index (κ1) is 22.8. The predicted molar refractivity (Wildman–Crippen MR) is 138 cm³/mol. The van der Waals surface area contributed by atoms with Crippen LogP contribution in [0.15, 0.2) is 66.2 Å². The Morgan fingerprint density at radius 1 is 1.00 bits per heavy atom. The van der Waals surface area contributed by atoms with E-state index in [4.69, 9.17) is 9.72 Å². The number of fused-ring (bicyclic) bond motifs is 1. The maximum atomic E-state index is 13.4. The molecule has 1 saturated heterocycles. The Balaban J connectivity index is 1.74. The van der Waals surface area contributed by atoms with Crippen molar-refractivity contribution in [2.24, 2.45) is 0 Å². The van der Waals surface area contributed by atoms with Crippen LogP contribution in [0.3, 0.4) is 0 Å². The summed E-state index contributed by atoms with van der Waals surface area (Å²) in [7, 11) is 1.53. The van der Waals surface area contributed by atoms with E-state index in [1.165, 1.54) is 23.3 Å². The van der Waals surface area contributed by atoms with Gasteiger partial charge in [-0.2, -0.15) is 0 Å². The molecule has 1 aromatic heterocycles. The fraction of sp³-hybridized carbons (Fsp3) is 0.179. The van der Waals surface area contributed by atoms with E-state index in [1.54, 1.807) is 24.3 Å². The van der Waals surface area contributed by atoms with E-state index in [0.29, 0.717) is 22.0 Å². The second-order valence-electron chi connectivity index (χ2n) is 8.74. The lowest BCUT2D eigenvalue weighted by Gasteiger charge is -2.23. The van der Waals surface area contributed by atoms with Gasteiger partial charge in [0.05, 0.1) is 28.9 Å². The van der Waals surface area contributed by atoms with Crippen molar-refractivity contribution in [3.05, 3.63) is 94.1 Å². The molecule has 0 aliphatic carbocycles.